The zero-order chi connectivity index (χ0) is 9.19. The molecule has 1 aliphatic heterocycles. The Balaban J connectivity index is 2.73. The van der Waals surface area contributed by atoms with Crippen LogP contribution in [0.2, 0.25) is 0 Å². The molecule has 3 nitrogen and oxygen atoms in total. The summed E-state index contributed by atoms with van der Waals surface area (Å²) in [6.07, 6.45) is 0. The first-order chi connectivity index (χ1) is 5.63. The van der Waals surface area contributed by atoms with Gasteiger partial charge >= 0.3 is 0 Å². The van der Waals surface area contributed by atoms with Gasteiger partial charge in [-0.1, -0.05) is 13.8 Å². The molecule has 1 fully saturated rings. The number of nitrogens with zero attached hydrogens (tertiary/aromatic N) is 1. The van der Waals surface area contributed by atoms with E-state index in [2.05, 4.69) is 25.8 Å². The van der Waals surface area contributed by atoms with Crippen molar-refractivity contribution in [3.8, 4) is 0 Å². The Bertz CT molecular complexity index is 149. The molecule has 0 aromatic rings. The third-order valence-corrected chi connectivity index (χ3v) is 3.11. The molecule has 72 valence electrons. The minimum absolute atomic E-state index is 0.0677. The summed E-state index contributed by atoms with van der Waals surface area (Å²) in [6.45, 7) is 7.70. The number of ether oxygens (including phenoxy) is 1. The number of likely N-dealkylation sites (N-methyl/N-ethyl adjacent to an activating group) is 1. The van der Waals surface area contributed by atoms with E-state index in [-0.39, 0.29) is 5.54 Å². The lowest BCUT2D eigenvalue weighted by Gasteiger charge is -2.47. The standard InChI is InChI=1S/C9H20N2O/c1-8(2)9(6-10)7-12-5-4-11(9)3/h8H,4-7,10H2,1-3H3. The number of hydrogen-bond donors (Lipinski definition) is 1. The Labute approximate surface area is 74.9 Å². The molecule has 0 aromatic heterocycles. The third kappa shape index (κ3) is 1.49. The van der Waals surface area contributed by atoms with Crippen molar-refractivity contribution in [1.29, 1.82) is 0 Å². The van der Waals surface area contributed by atoms with Gasteiger partial charge in [-0.3, -0.25) is 4.90 Å². The van der Waals surface area contributed by atoms with Crippen molar-refractivity contribution < 1.29 is 4.74 Å². The topological polar surface area (TPSA) is 38.5 Å². The summed E-state index contributed by atoms with van der Waals surface area (Å²) >= 11 is 0. The summed E-state index contributed by atoms with van der Waals surface area (Å²) in [5.41, 5.74) is 5.88. The maximum Gasteiger partial charge on any atom is 0.0665 e. The minimum atomic E-state index is 0.0677. The second-order valence-electron chi connectivity index (χ2n) is 3.94. The first-order valence-electron chi connectivity index (χ1n) is 4.62. The summed E-state index contributed by atoms with van der Waals surface area (Å²) in [5, 5.41) is 0. The first kappa shape index (κ1) is 9.96. The summed E-state index contributed by atoms with van der Waals surface area (Å²) in [7, 11) is 2.13. The van der Waals surface area contributed by atoms with Gasteiger partial charge in [0.25, 0.3) is 0 Å². The molecule has 2 N–H and O–H groups in total. The molecule has 1 atom stereocenters. The van der Waals surface area contributed by atoms with Crippen molar-refractivity contribution >= 4 is 0 Å². The first-order valence-corrected chi connectivity index (χ1v) is 4.62. The average Bonchev–Trinajstić information content (AvgIpc) is 2.05. The molecule has 1 rings (SSSR count). The van der Waals surface area contributed by atoms with Crippen molar-refractivity contribution in [3.63, 3.8) is 0 Å². The van der Waals surface area contributed by atoms with Crippen LogP contribution in [-0.2, 0) is 4.74 Å². The molecule has 0 bridgehead atoms. The number of nitrogens with two attached hydrogens (primary N) is 1. The van der Waals surface area contributed by atoms with E-state index >= 15 is 0 Å². The Hall–Kier alpha value is -0.120. The van der Waals surface area contributed by atoms with Crippen LogP contribution >= 0.6 is 0 Å². The summed E-state index contributed by atoms with van der Waals surface area (Å²) < 4.78 is 5.49. The van der Waals surface area contributed by atoms with E-state index in [0.717, 1.165) is 19.8 Å². The van der Waals surface area contributed by atoms with Crippen LogP contribution in [0.25, 0.3) is 0 Å². The lowest BCUT2D eigenvalue weighted by Crippen LogP contribution is -2.62. The van der Waals surface area contributed by atoms with Gasteiger partial charge in [0.2, 0.25) is 0 Å². The molecular weight excluding hydrogens is 152 g/mol. The zero-order valence-electron chi connectivity index (χ0n) is 8.34. The monoisotopic (exact) mass is 172 g/mol. The van der Waals surface area contributed by atoms with Gasteiger partial charge in [0, 0.05) is 13.1 Å². The quantitative estimate of drug-likeness (QED) is 0.651. The van der Waals surface area contributed by atoms with Crippen LogP contribution in [0, 0.1) is 5.92 Å². The van der Waals surface area contributed by atoms with Gasteiger partial charge in [-0.25, -0.2) is 0 Å². The van der Waals surface area contributed by atoms with E-state index in [9.17, 15) is 0 Å². The van der Waals surface area contributed by atoms with Crippen LogP contribution in [0.4, 0.5) is 0 Å². The fraction of sp³-hybridized carbons (Fsp3) is 1.00. The Morgan fingerprint density at radius 1 is 1.58 bits per heavy atom. The molecule has 3 heteroatoms. The highest BCUT2D eigenvalue weighted by Gasteiger charge is 2.38. The van der Waals surface area contributed by atoms with E-state index in [1.165, 1.54) is 0 Å². The molecule has 0 aromatic carbocycles. The highest BCUT2D eigenvalue weighted by atomic mass is 16.5. The fourth-order valence-electron chi connectivity index (χ4n) is 1.84. The van der Waals surface area contributed by atoms with Gasteiger partial charge in [0.1, 0.15) is 0 Å². The molecule has 1 heterocycles. The van der Waals surface area contributed by atoms with Crippen LogP contribution < -0.4 is 5.73 Å². The maximum absolute atomic E-state index is 5.81. The Kier molecular flexibility index (Phi) is 3.09. The molecule has 1 saturated heterocycles. The average molecular weight is 172 g/mol. The number of hydrogen-bond acceptors (Lipinski definition) is 3. The van der Waals surface area contributed by atoms with E-state index in [4.69, 9.17) is 10.5 Å². The molecule has 0 aliphatic carbocycles. The van der Waals surface area contributed by atoms with Crippen molar-refractivity contribution in [2.75, 3.05) is 33.4 Å². The van der Waals surface area contributed by atoms with Crippen LogP contribution in [0.3, 0.4) is 0 Å². The van der Waals surface area contributed by atoms with E-state index in [1.807, 2.05) is 0 Å². The molecule has 1 aliphatic rings. The highest BCUT2D eigenvalue weighted by Crippen LogP contribution is 2.25. The highest BCUT2D eigenvalue weighted by molar-refractivity contribution is 4.95. The molecule has 12 heavy (non-hydrogen) atoms. The van der Waals surface area contributed by atoms with Gasteiger partial charge in [0.15, 0.2) is 0 Å². The predicted octanol–water partition coefficient (Wildman–Crippen LogP) is 0.302. The largest absolute Gasteiger partial charge is 0.378 e. The van der Waals surface area contributed by atoms with Crippen molar-refractivity contribution in [1.82, 2.24) is 4.90 Å². The second-order valence-corrected chi connectivity index (χ2v) is 3.94. The van der Waals surface area contributed by atoms with E-state index < -0.39 is 0 Å². The second kappa shape index (κ2) is 3.73. The maximum atomic E-state index is 5.81. The molecular formula is C9H20N2O. The minimum Gasteiger partial charge on any atom is -0.378 e. The summed E-state index contributed by atoms with van der Waals surface area (Å²) in [4.78, 5) is 2.33. The Morgan fingerprint density at radius 3 is 2.58 bits per heavy atom. The molecule has 0 spiro atoms. The number of morpholine rings is 1. The zero-order valence-corrected chi connectivity index (χ0v) is 8.34. The molecule has 0 saturated carbocycles. The summed E-state index contributed by atoms with van der Waals surface area (Å²) in [6, 6.07) is 0. The van der Waals surface area contributed by atoms with Crippen LogP contribution in [-0.4, -0.2) is 43.8 Å². The fourth-order valence-corrected chi connectivity index (χ4v) is 1.84. The van der Waals surface area contributed by atoms with Crippen molar-refractivity contribution in [2.24, 2.45) is 11.7 Å². The van der Waals surface area contributed by atoms with Crippen LogP contribution in [0.15, 0.2) is 0 Å². The normalized spacial score (nSPS) is 32.8. The van der Waals surface area contributed by atoms with E-state index in [0.29, 0.717) is 12.5 Å². The van der Waals surface area contributed by atoms with Gasteiger partial charge in [0.05, 0.1) is 18.8 Å². The van der Waals surface area contributed by atoms with Crippen molar-refractivity contribution in [2.45, 2.75) is 19.4 Å². The predicted molar refractivity (Wildman–Crippen MR) is 50.1 cm³/mol. The lowest BCUT2D eigenvalue weighted by molar-refractivity contribution is -0.0735. The lowest BCUT2D eigenvalue weighted by atomic mass is 9.85. The Morgan fingerprint density at radius 2 is 2.25 bits per heavy atom. The molecule has 0 radical (unpaired) electrons. The van der Waals surface area contributed by atoms with Crippen LogP contribution in [0.5, 0.6) is 0 Å². The van der Waals surface area contributed by atoms with Crippen LogP contribution in [0.1, 0.15) is 13.8 Å². The van der Waals surface area contributed by atoms with Gasteiger partial charge in [-0.15, -0.1) is 0 Å². The van der Waals surface area contributed by atoms with Crippen molar-refractivity contribution in [3.05, 3.63) is 0 Å². The van der Waals surface area contributed by atoms with Gasteiger partial charge < -0.3 is 10.5 Å². The van der Waals surface area contributed by atoms with Gasteiger partial charge in [-0.2, -0.15) is 0 Å². The number of rotatable bonds is 2. The third-order valence-electron chi connectivity index (χ3n) is 3.11. The molecule has 1 unspecified atom stereocenters. The smallest absolute Gasteiger partial charge is 0.0665 e. The van der Waals surface area contributed by atoms with E-state index in [1.54, 1.807) is 0 Å². The SMILES string of the molecule is CC(C)C1(CN)COCCN1C. The van der Waals surface area contributed by atoms with Gasteiger partial charge in [-0.05, 0) is 13.0 Å². The molecule has 0 amide bonds. The summed E-state index contributed by atoms with van der Waals surface area (Å²) in [5.74, 6) is 0.549.